The average molecular weight is 573 g/mol. The molecule has 0 spiro atoms. The SMILES string of the molecule is CC(=C/C=C/C(C)=C/[C@H](O)[C@H](O)C[C@H](C)O)C=C(C)/C=C/C(=O)O[C@H]1CCCC(=O)O[C@@H](C(C)C)C/C=C/C[C@@H]1C. The molecule has 0 saturated carbocycles. The van der Waals surface area contributed by atoms with Gasteiger partial charge in [-0.1, -0.05) is 86.1 Å². The molecule has 7 heteroatoms. The molecule has 0 aromatic rings. The molecule has 41 heavy (non-hydrogen) atoms. The van der Waals surface area contributed by atoms with Crippen LogP contribution < -0.4 is 0 Å². The molecule has 0 radical (unpaired) electrons. The van der Waals surface area contributed by atoms with Crippen LogP contribution in [0.1, 0.15) is 87.0 Å². The highest BCUT2D eigenvalue weighted by molar-refractivity contribution is 5.82. The van der Waals surface area contributed by atoms with E-state index in [2.05, 4.69) is 32.9 Å². The lowest BCUT2D eigenvalue weighted by Crippen LogP contribution is -2.27. The second-order valence-corrected chi connectivity index (χ2v) is 11.6. The van der Waals surface area contributed by atoms with Crippen molar-refractivity contribution >= 4 is 11.9 Å². The summed E-state index contributed by atoms with van der Waals surface area (Å²) in [4.78, 5) is 24.9. The largest absolute Gasteiger partial charge is 0.462 e. The number of hydrogen-bond donors (Lipinski definition) is 3. The molecular weight excluding hydrogens is 520 g/mol. The fraction of sp³-hybridized carbons (Fsp3) is 0.588. The summed E-state index contributed by atoms with van der Waals surface area (Å²) in [5, 5.41) is 29.3. The summed E-state index contributed by atoms with van der Waals surface area (Å²) in [6.07, 6.45) is 16.3. The van der Waals surface area contributed by atoms with E-state index in [1.54, 1.807) is 19.1 Å². The maximum Gasteiger partial charge on any atom is 0.331 e. The number of esters is 2. The Morgan fingerprint density at radius 3 is 2.37 bits per heavy atom. The third kappa shape index (κ3) is 16.3. The number of rotatable bonds is 11. The summed E-state index contributed by atoms with van der Waals surface area (Å²) in [5.41, 5.74) is 2.62. The number of carbonyl (C=O) groups is 2. The summed E-state index contributed by atoms with van der Waals surface area (Å²) in [5.74, 6) is -0.228. The van der Waals surface area contributed by atoms with Crippen molar-refractivity contribution in [1.82, 2.24) is 0 Å². The lowest BCUT2D eigenvalue weighted by molar-refractivity contribution is -0.151. The number of aliphatic hydroxyl groups is 3. The van der Waals surface area contributed by atoms with Crippen molar-refractivity contribution in [2.75, 3.05) is 0 Å². The minimum atomic E-state index is -1.05. The molecule has 0 aliphatic carbocycles. The van der Waals surface area contributed by atoms with Crippen LogP contribution in [0.25, 0.3) is 0 Å². The predicted octanol–water partition coefficient (Wildman–Crippen LogP) is 6.07. The van der Waals surface area contributed by atoms with Gasteiger partial charge in [0.15, 0.2) is 0 Å². The zero-order chi connectivity index (χ0) is 30.9. The van der Waals surface area contributed by atoms with Gasteiger partial charge in [0.2, 0.25) is 0 Å². The monoisotopic (exact) mass is 572 g/mol. The normalized spacial score (nSPS) is 25.4. The summed E-state index contributed by atoms with van der Waals surface area (Å²) in [7, 11) is 0. The van der Waals surface area contributed by atoms with Crippen LogP contribution in [0.5, 0.6) is 0 Å². The van der Waals surface area contributed by atoms with Crippen molar-refractivity contribution in [2.24, 2.45) is 11.8 Å². The Morgan fingerprint density at radius 1 is 1.02 bits per heavy atom. The first-order valence-corrected chi connectivity index (χ1v) is 14.8. The second kappa shape index (κ2) is 19.4. The lowest BCUT2D eigenvalue weighted by atomic mass is 9.94. The van der Waals surface area contributed by atoms with E-state index >= 15 is 0 Å². The van der Waals surface area contributed by atoms with Crippen LogP contribution in [-0.2, 0) is 19.1 Å². The number of cyclic esters (lactones) is 1. The van der Waals surface area contributed by atoms with Gasteiger partial charge in [-0.25, -0.2) is 4.79 Å². The molecule has 0 fully saturated rings. The molecule has 0 bridgehead atoms. The maximum atomic E-state index is 12.6. The van der Waals surface area contributed by atoms with E-state index in [1.807, 2.05) is 45.1 Å². The fourth-order valence-corrected chi connectivity index (χ4v) is 4.40. The topological polar surface area (TPSA) is 113 Å². The van der Waals surface area contributed by atoms with E-state index in [0.29, 0.717) is 25.7 Å². The Labute approximate surface area is 247 Å². The molecule has 0 saturated heterocycles. The van der Waals surface area contributed by atoms with E-state index in [4.69, 9.17) is 9.47 Å². The van der Waals surface area contributed by atoms with Crippen LogP contribution in [-0.4, -0.2) is 57.8 Å². The van der Waals surface area contributed by atoms with E-state index in [9.17, 15) is 24.9 Å². The molecule has 0 amide bonds. The highest BCUT2D eigenvalue weighted by Crippen LogP contribution is 2.22. The molecule has 3 N–H and O–H groups in total. The molecule has 1 aliphatic heterocycles. The van der Waals surface area contributed by atoms with E-state index in [1.165, 1.54) is 6.08 Å². The van der Waals surface area contributed by atoms with Crippen LogP contribution >= 0.6 is 0 Å². The standard InChI is InChI=1S/C34H52O7/c1-23(2)31-15-9-8-14-27(6)32(16-11-17-33(38)40-31)41-34(39)19-18-26(5)20-24(3)12-10-13-25(4)21-29(36)30(37)22-28(7)35/h8-10,12-13,18-21,23,27-32,35-37H,11,14-17,22H2,1-7H3/b9-8+,13-10+,19-18+,24-12?,25-21+,26-20?/t27-,28-,29-,30+,31+,32-/m0/s1. The van der Waals surface area contributed by atoms with Crippen molar-refractivity contribution in [3.63, 3.8) is 0 Å². The number of aliphatic hydroxyl groups excluding tert-OH is 3. The molecule has 230 valence electrons. The van der Waals surface area contributed by atoms with Crippen molar-refractivity contribution in [3.8, 4) is 0 Å². The second-order valence-electron chi connectivity index (χ2n) is 11.6. The molecule has 7 nitrogen and oxygen atoms in total. The van der Waals surface area contributed by atoms with Gasteiger partial charge in [0.1, 0.15) is 12.2 Å². The Balaban J connectivity index is 2.73. The van der Waals surface area contributed by atoms with Gasteiger partial charge in [-0.15, -0.1) is 0 Å². The molecule has 1 heterocycles. The van der Waals surface area contributed by atoms with Crippen LogP contribution in [0, 0.1) is 11.8 Å². The third-order valence-corrected chi connectivity index (χ3v) is 6.91. The first-order valence-electron chi connectivity index (χ1n) is 14.8. The number of hydrogen-bond acceptors (Lipinski definition) is 7. The van der Waals surface area contributed by atoms with Gasteiger partial charge in [-0.2, -0.15) is 0 Å². The van der Waals surface area contributed by atoms with Crippen LogP contribution in [0.4, 0.5) is 0 Å². The first-order chi connectivity index (χ1) is 19.3. The van der Waals surface area contributed by atoms with Gasteiger partial charge < -0.3 is 24.8 Å². The van der Waals surface area contributed by atoms with Crippen LogP contribution in [0.2, 0.25) is 0 Å². The van der Waals surface area contributed by atoms with Crippen molar-refractivity contribution in [1.29, 1.82) is 0 Å². The first kappa shape index (κ1) is 36.3. The summed E-state index contributed by atoms with van der Waals surface area (Å²) in [6, 6.07) is 0. The van der Waals surface area contributed by atoms with Crippen LogP contribution in [0.15, 0.2) is 71.4 Å². The van der Waals surface area contributed by atoms with Gasteiger partial charge in [0, 0.05) is 25.3 Å². The van der Waals surface area contributed by atoms with Crippen molar-refractivity contribution in [2.45, 2.75) is 118 Å². The number of ether oxygens (including phenoxy) is 2. The third-order valence-electron chi connectivity index (χ3n) is 6.91. The minimum Gasteiger partial charge on any atom is -0.462 e. The van der Waals surface area contributed by atoms with Gasteiger partial charge in [0.05, 0.1) is 18.3 Å². The van der Waals surface area contributed by atoms with Gasteiger partial charge in [-0.05, 0) is 58.8 Å². The Bertz CT molecular complexity index is 997. The summed E-state index contributed by atoms with van der Waals surface area (Å²) in [6.45, 7) is 13.4. The average Bonchev–Trinajstić information content (AvgIpc) is 2.87. The molecule has 0 unspecified atom stereocenters. The maximum absolute atomic E-state index is 12.6. The van der Waals surface area contributed by atoms with Gasteiger partial charge >= 0.3 is 11.9 Å². The highest BCUT2D eigenvalue weighted by atomic mass is 16.5. The summed E-state index contributed by atoms with van der Waals surface area (Å²) >= 11 is 0. The Morgan fingerprint density at radius 2 is 1.71 bits per heavy atom. The number of allylic oxidation sites excluding steroid dienone is 9. The molecule has 6 atom stereocenters. The van der Waals surface area contributed by atoms with Gasteiger partial charge in [-0.3, -0.25) is 4.79 Å². The fourth-order valence-electron chi connectivity index (χ4n) is 4.40. The Hall–Kier alpha value is -2.74. The molecule has 0 aromatic carbocycles. The minimum absolute atomic E-state index is 0.102. The predicted molar refractivity (Wildman–Crippen MR) is 164 cm³/mol. The Kier molecular flexibility index (Phi) is 17.2. The molecule has 1 rings (SSSR count). The van der Waals surface area contributed by atoms with Gasteiger partial charge in [0.25, 0.3) is 0 Å². The van der Waals surface area contributed by atoms with Crippen molar-refractivity contribution < 1.29 is 34.4 Å². The zero-order valence-electron chi connectivity index (χ0n) is 26.0. The lowest BCUT2D eigenvalue weighted by Gasteiger charge is -2.24. The summed E-state index contributed by atoms with van der Waals surface area (Å²) < 4.78 is 11.4. The van der Waals surface area contributed by atoms with E-state index < -0.39 is 24.3 Å². The van der Waals surface area contributed by atoms with E-state index in [-0.39, 0.29) is 36.4 Å². The smallest absolute Gasteiger partial charge is 0.331 e. The molecular formula is C34H52O7. The highest BCUT2D eigenvalue weighted by Gasteiger charge is 2.23. The van der Waals surface area contributed by atoms with E-state index in [0.717, 1.165) is 23.1 Å². The molecule has 0 aromatic heterocycles. The quantitative estimate of drug-likeness (QED) is 0.119. The molecule has 1 aliphatic rings. The number of carbonyl (C=O) groups excluding carboxylic acids is 2. The zero-order valence-corrected chi connectivity index (χ0v) is 26.0. The van der Waals surface area contributed by atoms with Crippen molar-refractivity contribution in [3.05, 3.63) is 71.4 Å². The van der Waals surface area contributed by atoms with Crippen LogP contribution in [0.3, 0.4) is 0 Å².